The molecule has 2 atom stereocenters. The van der Waals surface area contributed by atoms with Crippen LogP contribution in [0.15, 0.2) is 18.2 Å². The van der Waals surface area contributed by atoms with Crippen LogP contribution in [0.3, 0.4) is 0 Å². The van der Waals surface area contributed by atoms with Crippen molar-refractivity contribution in [3.63, 3.8) is 0 Å². The van der Waals surface area contributed by atoms with E-state index in [9.17, 15) is 0 Å². The Labute approximate surface area is 98.4 Å². The van der Waals surface area contributed by atoms with Crippen LogP contribution in [-0.2, 0) is 6.42 Å². The summed E-state index contributed by atoms with van der Waals surface area (Å²) in [6.45, 7) is 1.08. The number of rotatable bonds is 0. The van der Waals surface area contributed by atoms with Gasteiger partial charge < -0.3 is 9.88 Å². The highest BCUT2D eigenvalue weighted by molar-refractivity contribution is 6.31. The number of nitrogens with one attached hydrogen (secondary N) is 1. The lowest BCUT2D eigenvalue weighted by molar-refractivity contribution is 0.463. The van der Waals surface area contributed by atoms with Crippen molar-refractivity contribution >= 4 is 22.6 Å². The first-order valence-electron chi connectivity index (χ1n) is 5.71. The van der Waals surface area contributed by atoms with Gasteiger partial charge in [-0.3, -0.25) is 0 Å². The standard InChI is InChI=1S/C12H12ClN3/c13-7-1-2-11-10(3-7)15-12-5-8-4-9(6-14-8)16(11)12/h1-3,8-9,14H,4-6H2. The lowest BCUT2D eigenvalue weighted by Gasteiger charge is -2.21. The van der Waals surface area contributed by atoms with E-state index >= 15 is 0 Å². The molecule has 2 aliphatic rings. The van der Waals surface area contributed by atoms with Crippen LogP contribution in [0, 0.1) is 0 Å². The van der Waals surface area contributed by atoms with Crippen LogP contribution in [0.25, 0.3) is 11.0 Å². The molecule has 0 saturated carbocycles. The van der Waals surface area contributed by atoms with Gasteiger partial charge in [-0.1, -0.05) is 11.6 Å². The van der Waals surface area contributed by atoms with Gasteiger partial charge in [-0.15, -0.1) is 0 Å². The van der Waals surface area contributed by atoms with Gasteiger partial charge in [0.15, 0.2) is 0 Å². The van der Waals surface area contributed by atoms with Crippen LogP contribution < -0.4 is 5.32 Å². The predicted octanol–water partition coefficient (Wildman–Crippen LogP) is 2.15. The van der Waals surface area contributed by atoms with Gasteiger partial charge >= 0.3 is 0 Å². The Kier molecular flexibility index (Phi) is 1.69. The molecule has 82 valence electrons. The Balaban J connectivity index is 2.02. The molecule has 1 fully saturated rings. The van der Waals surface area contributed by atoms with Crippen LogP contribution in [0.4, 0.5) is 0 Å². The summed E-state index contributed by atoms with van der Waals surface area (Å²) in [5.74, 6) is 1.21. The molecule has 2 bridgehead atoms. The van der Waals surface area contributed by atoms with Gasteiger partial charge in [-0.2, -0.15) is 0 Å². The Bertz CT molecular complexity index is 575. The number of benzene rings is 1. The fourth-order valence-corrected chi connectivity index (χ4v) is 3.21. The van der Waals surface area contributed by atoms with E-state index in [0.717, 1.165) is 23.5 Å². The highest BCUT2D eigenvalue weighted by atomic mass is 35.5. The molecule has 0 amide bonds. The SMILES string of the molecule is Clc1ccc2c(c1)nc1n2C2CNC(C1)C2. The summed E-state index contributed by atoms with van der Waals surface area (Å²) in [5, 5.41) is 4.31. The van der Waals surface area contributed by atoms with Crippen LogP contribution in [0.1, 0.15) is 18.3 Å². The van der Waals surface area contributed by atoms with E-state index in [-0.39, 0.29) is 0 Å². The zero-order chi connectivity index (χ0) is 10.7. The normalized spacial score (nSPS) is 27.3. The predicted molar refractivity (Wildman–Crippen MR) is 63.9 cm³/mol. The van der Waals surface area contributed by atoms with E-state index < -0.39 is 0 Å². The van der Waals surface area contributed by atoms with Crippen molar-refractivity contribution in [3.05, 3.63) is 29.0 Å². The fourth-order valence-electron chi connectivity index (χ4n) is 3.04. The molecule has 0 aliphatic carbocycles. The maximum absolute atomic E-state index is 6.00. The van der Waals surface area contributed by atoms with Gasteiger partial charge in [-0.05, 0) is 24.6 Å². The summed E-state index contributed by atoms with van der Waals surface area (Å²) in [6, 6.07) is 7.22. The molecule has 4 heteroatoms. The van der Waals surface area contributed by atoms with Crippen molar-refractivity contribution in [3.8, 4) is 0 Å². The van der Waals surface area contributed by atoms with Gasteiger partial charge in [0.2, 0.25) is 0 Å². The van der Waals surface area contributed by atoms with Crippen LogP contribution in [-0.4, -0.2) is 22.1 Å². The maximum atomic E-state index is 6.00. The highest BCUT2D eigenvalue weighted by Crippen LogP contribution is 2.33. The van der Waals surface area contributed by atoms with Crippen molar-refractivity contribution in [1.82, 2.24) is 14.9 Å². The molecule has 1 saturated heterocycles. The van der Waals surface area contributed by atoms with Crippen molar-refractivity contribution in [2.24, 2.45) is 0 Å². The third kappa shape index (κ3) is 1.10. The van der Waals surface area contributed by atoms with Crippen molar-refractivity contribution in [2.45, 2.75) is 24.9 Å². The second kappa shape index (κ2) is 2.99. The summed E-state index contributed by atoms with van der Waals surface area (Å²) in [7, 11) is 0. The number of aromatic nitrogens is 2. The van der Waals surface area contributed by atoms with Gasteiger partial charge in [0.1, 0.15) is 5.82 Å². The van der Waals surface area contributed by atoms with Crippen LogP contribution in [0.2, 0.25) is 5.02 Å². The minimum absolute atomic E-state index is 0.583. The highest BCUT2D eigenvalue weighted by Gasteiger charge is 2.34. The number of halogens is 1. The Hall–Kier alpha value is -1.06. The van der Waals surface area contributed by atoms with Gasteiger partial charge in [0.05, 0.1) is 11.0 Å². The van der Waals surface area contributed by atoms with Gasteiger partial charge in [0, 0.05) is 30.1 Å². The molecular formula is C12H12ClN3. The third-order valence-corrected chi connectivity index (χ3v) is 3.95. The Morgan fingerprint density at radius 1 is 1.44 bits per heavy atom. The average molecular weight is 234 g/mol. The Morgan fingerprint density at radius 3 is 3.31 bits per heavy atom. The van der Waals surface area contributed by atoms with E-state index in [2.05, 4.69) is 16.0 Å². The molecule has 3 heterocycles. The lowest BCUT2D eigenvalue weighted by Crippen LogP contribution is -2.25. The van der Waals surface area contributed by atoms with Crippen molar-refractivity contribution < 1.29 is 0 Å². The first-order chi connectivity index (χ1) is 7.81. The quantitative estimate of drug-likeness (QED) is 0.756. The van der Waals surface area contributed by atoms with Gasteiger partial charge in [0.25, 0.3) is 0 Å². The molecule has 0 radical (unpaired) electrons. The van der Waals surface area contributed by atoms with E-state index in [1.807, 2.05) is 12.1 Å². The minimum Gasteiger partial charge on any atom is -0.323 e. The molecule has 16 heavy (non-hydrogen) atoms. The second-order valence-electron chi connectivity index (χ2n) is 4.73. The molecule has 0 spiro atoms. The molecule has 1 aromatic heterocycles. The maximum Gasteiger partial charge on any atom is 0.111 e. The van der Waals surface area contributed by atoms with E-state index in [0.29, 0.717) is 12.1 Å². The molecule has 2 unspecified atom stereocenters. The smallest absolute Gasteiger partial charge is 0.111 e. The lowest BCUT2D eigenvalue weighted by atomic mass is 10.0. The monoisotopic (exact) mass is 233 g/mol. The van der Waals surface area contributed by atoms with Crippen LogP contribution >= 0.6 is 11.6 Å². The topological polar surface area (TPSA) is 29.9 Å². The van der Waals surface area contributed by atoms with E-state index in [1.54, 1.807) is 0 Å². The summed E-state index contributed by atoms with van der Waals surface area (Å²) in [4.78, 5) is 4.69. The summed E-state index contributed by atoms with van der Waals surface area (Å²) in [6.07, 6.45) is 2.28. The zero-order valence-electron chi connectivity index (χ0n) is 8.78. The third-order valence-electron chi connectivity index (χ3n) is 3.72. The first-order valence-corrected chi connectivity index (χ1v) is 6.09. The number of nitrogens with zero attached hydrogens (tertiary/aromatic N) is 2. The average Bonchev–Trinajstić information content (AvgIpc) is 2.80. The molecule has 1 aromatic carbocycles. The summed E-state index contributed by atoms with van der Waals surface area (Å²) >= 11 is 6.00. The molecule has 1 N–H and O–H groups in total. The molecule has 2 aliphatic heterocycles. The number of fused-ring (bicyclic) bond motifs is 6. The minimum atomic E-state index is 0.583. The first kappa shape index (κ1) is 9.02. The van der Waals surface area contributed by atoms with E-state index in [1.165, 1.54) is 17.8 Å². The van der Waals surface area contributed by atoms with E-state index in [4.69, 9.17) is 16.6 Å². The second-order valence-corrected chi connectivity index (χ2v) is 5.17. The zero-order valence-corrected chi connectivity index (χ0v) is 9.54. The van der Waals surface area contributed by atoms with Gasteiger partial charge in [-0.25, -0.2) is 4.98 Å². The number of hydrogen-bond acceptors (Lipinski definition) is 2. The molecule has 4 rings (SSSR count). The largest absolute Gasteiger partial charge is 0.323 e. The molecular weight excluding hydrogens is 222 g/mol. The molecule has 3 nitrogen and oxygen atoms in total. The molecule has 2 aromatic rings. The Morgan fingerprint density at radius 2 is 2.38 bits per heavy atom. The summed E-state index contributed by atoms with van der Waals surface area (Å²) in [5.41, 5.74) is 2.27. The van der Waals surface area contributed by atoms with Crippen LogP contribution in [0.5, 0.6) is 0 Å². The van der Waals surface area contributed by atoms with Crippen molar-refractivity contribution in [1.29, 1.82) is 0 Å². The van der Waals surface area contributed by atoms with Crippen molar-refractivity contribution in [2.75, 3.05) is 6.54 Å². The fraction of sp³-hybridized carbons (Fsp3) is 0.417. The number of hydrogen-bond donors (Lipinski definition) is 1. The summed E-state index contributed by atoms with van der Waals surface area (Å²) < 4.78 is 2.39. The number of imidazole rings is 1.